The lowest BCUT2D eigenvalue weighted by Gasteiger charge is -2.36. The highest BCUT2D eigenvalue weighted by Crippen LogP contribution is 2.52. The van der Waals surface area contributed by atoms with Crippen LogP contribution in [-0.2, 0) is 22.5 Å². The first-order valence-electron chi connectivity index (χ1n) is 10.9. The summed E-state index contributed by atoms with van der Waals surface area (Å²) in [5, 5.41) is 12.0. The van der Waals surface area contributed by atoms with Crippen LogP contribution in [-0.4, -0.2) is 54.4 Å². The Bertz CT molecular complexity index is 837. The van der Waals surface area contributed by atoms with Gasteiger partial charge >= 0.3 is 0 Å². The molecule has 6 heteroatoms. The largest absolute Gasteiger partial charge is 0.465 e. The van der Waals surface area contributed by atoms with Gasteiger partial charge in [-0.2, -0.15) is 0 Å². The van der Waals surface area contributed by atoms with E-state index in [1.807, 2.05) is 37.3 Å². The number of ether oxygens (including phenoxy) is 1. The summed E-state index contributed by atoms with van der Waals surface area (Å²) in [5.41, 5.74) is 0.758. The molecule has 1 aromatic heterocycles. The standard InChI is InChI=1S/C24H32N2O4/c1-18-7-9-21(30-18)17-26-20-8-10-22(26)24(16-20,15-19-5-3-2-4-6-19)23(28)25-11-13-29-14-12-27/h2-7,9,20,22,27H,8,10-17H2,1H3,(H,25,28)/t20-,22+,24+/m0/s1. The van der Waals surface area contributed by atoms with Crippen molar-refractivity contribution in [2.45, 2.75) is 51.2 Å². The molecule has 1 aromatic carbocycles. The molecule has 2 aliphatic heterocycles. The zero-order chi connectivity index (χ0) is 21.0. The van der Waals surface area contributed by atoms with Crippen molar-refractivity contribution in [2.75, 3.05) is 26.4 Å². The molecule has 2 saturated heterocycles. The maximum Gasteiger partial charge on any atom is 0.228 e. The number of carbonyl (C=O) groups excluding carboxylic acids is 1. The number of aliphatic hydroxyl groups excluding tert-OH is 1. The molecule has 3 heterocycles. The van der Waals surface area contributed by atoms with Crippen LogP contribution in [0.25, 0.3) is 0 Å². The Hall–Kier alpha value is -2.15. The second kappa shape index (κ2) is 9.33. The van der Waals surface area contributed by atoms with Gasteiger partial charge in [-0.3, -0.25) is 9.69 Å². The van der Waals surface area contributed by atoms with Crippen LogP contribution in [0.5, 0.6) is 0 Å². The van der Waals surface area contributed by atoms with E-state index >= 15 is 0 Å². The Morgan fingerprint density at radius 2 is 2.07 bits per heavy atom. The van der Waals surface area contributed by atoms with Gasteiger partial charge in [0.15, 0.2) is 0 Å². The molecule has 0 aliphatic carbocycles. The van der Waals surface area contributed by atoms with Gasteiger partial charge in [-0.15, -0.1) is 0 Å². The summed E-state index contributed by atoms with van der Waals surface area (Å²) in [6.45, 7) is 3.89. The molecule has 0 unspecified atom stereocenters. The van der Waals surface area contributed by atoms with Crippen LogP contribution >= 0.6 is 0 Å². The summed E-state index contributed by atoms with van der Waals surface area (Å²) in [5.74, 6) is 2.01. The topological polar surface area (TPSA) is 74.9 Å². The Morgan fingerprint density at radius 3 is 2.80 bits per heavy atom. The minimum atomic E-state index is -0.442. The van der Waals surface area contributed by atoms with E-state index in [1.165, 1.54) is 5.56 Å². The fraction of sp³-hybridized carbons (Fsp3) is 0.542. The first-order chi connectivity index (χ1) is 14.6. The van der Waals surface area contributed by atoms with Crippen molar-refractivity contribution < 1.29 is 19.1 Å². The predicted molar refractivity (Wildman–Crippen MR) is 114 cm³/mol. The Balaban J connectivity index is 1.52. The van der Waals surface area contributed by atoms with Crippen LogP contribution in [0.1, 0.15) is 36.3 Å². The van der Waals surface area contributed by atoms with Crippen LogP contribution in [0.15, 0.2) is 46.9 Å². The van der Waals surface area contributed by atoms with E-state index in [9.17, 15) is 4.79 Å². The van der Waals surface area contributed by atoms with Gasteiger partial charge in [0.2, 0.25) is 5.91 Å². The number of amides is 1. The number of furan rings is 1. The molecular formula is C24H32N2O4. The Labute approximate surface area is 178 Å². The normalized spacial score (nSPS) is 25.7. The third-order valence-electron chi connectivity index (χ3n) is 6.60. The number of rotatable bonds is 10. The van der Waals surface area contributed by atoms with E-state index in [-0.39, 0.29) is 18.6 Å². The predicted octanol–water partition coefficient (Wildman–Crippen LogP) is 2.68. The van der Waals surface area contributed by atoms with Crippen LogP contribution in [0.4, 0.5) is 0 Å². The summed E-state index contributed by atoms with van der Waals surface area (Å²) < 4.78 is 11.2. The Morgan fingerprint density at radius 1 is 1.23 bits per heavy atom. The highest BCUT2D eigenvalue weighted by Gasteiger charge is 2.59. The molecule has 2 fully saturated rings. The van der Waals surface area contributed by atoms with Gasteiger partial charge in [-0.05, 0) is 50.3 Å². The molecule has 1 amide bonds. The number of hydrogen-bond donors (Lipinski definition) is 2. The van der Waals surface area contributed by atoms with Crippen LogP contribution in [0.2, 0.25) is 0 Å². The highest BCUT2D eigenvalue weighted by molar-refractivity contribution is 5.84. The molecule has 162 valence electrons. The lowest BCUT2D eigenvalue weighted by molar-refractivity contribution is -0.133. The van der Waals surface area contributed by atoms with Crippen molar-refractivity contribution in [3.8, 4) is 0 Å². The summed E-state index contributed by atoms with van der Waals surface area (Å²) in [6, 6.07) is 15.0. The second-order valence-electron chi connectivity index (χ2n) is 8.55. The van der Waals surface area contributed by atoms with Gasteiger partial charge in [-0.1, -0.05) is 30.3 Å². The van der Waals surface area contributed by atoms with Crippen molar-refractivity contribution in [2.24, 2.45) is 5.41 Å². The summed E-state index contributed by atoms with van der Waals surface area (Å²) in [6.07, 6.45) is 3.78. The quantitative estimate of drug-likeness (QED) is 0.587. The zero-order valence-electron chi connectivity index (χ0n) is 17.7. The average molecular weight is 413 g/mol. The van der Waals surface area contributed by atoms with E-state index in [4.69, 9.17) is 14.3 Å². The monoisotopic (exact) mass is 412 g/mol. The molecule has 2 N–H and O–H groups in total. The number of nitrogens with one attached hydrogen (secondary N) is 1. The van der Waals surface area contributed by atoms with Gasteiger partial charge in [0.25, 0.3) is 0 Å². The summed E-state index contributed by atoms with van der Waals surface area (Å²) in [4.78, 5) is 16.0. The van der Waals surface area contributed by atoms with Gasteiger partial charge in [0.1, 0.15) is 11.5 Å². The third-order valence-corrected chi connectivity index (χ3v) is 6.60. The maximum atomic E-state index is 13.5. The fourth-order valence-corrected chi connectivity index (χ4v) is 5.35. The van der Waals surface area contributed by atoms with Crippen molar-refractivity contribution in [3.63, 3.8) is 0 Å². The van der Waals surface area contributed by atoms with Crippen molar-refractivity contribution in [1.29, 1.82) is 0 Å². The van der Waals surface area contributed by atoms with Gasteiger partial charge in [-0.25, -0.2) is 0 Å². The van der Waals surface area contributed by atoms with Crippen LogP contribution < -0.4 is 5.32 Å². The summed E-state index contributed by atoms with van der Waals surface area (Å²) >= 11 is 0. The molecule has 4 rings (SSSR count). The van der Waals surface area contributed by atoms with E-state index in [2.05, 4.69) is 22.3 Å². The number of nitrogens with zero attached hydrogens (tertiary/aromatic N) is 1. The number of benzene rings is 1. The van der Waals surface area contributed by atoms with Crippen LogP contribution in [0.3, 0.4) is 0 Å². The number of aryl methyl sites for hydroxylation is 1. The average Bonchev–Trinajstić information content (AvgIpc) is 3.42. The van der Waals surface area contributed by atoms with Gasteiger partial charge in [0.05, 0.1) is 31.8 Å². The molecule has 0 radical (unpaired) electrons. The summed E-state index contributed by atoms with van der Waals surface area (Å²) in [7, 11) is 0. The SMILES string of the molecule is Cc1ccc(CN2[C@H]3CC[C@@H]2[C@](Cc2ccccc2)(C(=O)NCCOCCO)C3)o1. The third kappa shape index (κ3) is 4.31. The van der Waals surface area contributed by atoms with Crippen molar-refractivity contribution >= 4 is 5.91 Å². The van der Waals surface area contributed by atoms with E-state index < -0.39 is 5.41 Å². The van der Waals surface area contributed by atoms with Crippen molar-refractivity contribution in [3.05, 3.63) is 59.5 Å². The zero-order valence-corrected chi connectivity index (χ0v) is 17.7. The van der Waals surface area contributed by atoms with E-state index in [0.717, 1.165) is 43.7 Å². The molecule has 2 bridgehead atoms. The lowest BCUT2D eigenvalue weighted by atomic mass is 9.69. The molecule has 6 nitrogen and oxygen atoms in total. The van der Waals surface area contributed by atoms with E-state index in [0.29, 0.717) is 25.8 Å². The van der Waals surface area contributed by atoms with Crippen LogP contribution in [0, 0.1) is 12.3 Å². The second-order valence-corrected chi connectivity index (χ2v) is 8.55. The number of carbonyl (C=O) groups is 1. The van der Waals surface area contributed by atoms with Crippen molar-refractivity contribution in [1.82, 2.24) is 10.2 Å². The molecule has 0 spiro atoms. The molecule has 3 atom stereocenters. The lowest BCUT2D eigenvalue weighted by Crippen LogP contribution is -2.51. The molecule has 2 aliphatic rings. The number of fused-ring (bicyclic) bond motifs is 2. The Kier molecular flexibility index (Phi) is 6.56. The smallest absolute Gasteiger partial charge is 0.228 e. The molecule has 30 heavy (non-hydrogen) atoms. The van der Waals surface area contributed by atoms with Gasteiger partial charge in [0, 0.05) is 18.6 Å². The maximum absolute atomic E-state index is 13.5. The minimum absolute atomic E-state index is 0.00312. The minimum Gasteiger partial charge on any atom is -0.465 e. The number of hydrogen-bond acceptors (Lipinski definition) is 5. The van der Waals surface area contributed by atoms with Gasteiger partial charge < -0.3 is 19.6 Å². The highest BCUT2D eigenvalue weighted by atomic mass is 16.5. The molecule has 0 saturated carbocycles. The number of aliphatic hydroxyl groups is 1. The first-order valence-corrected chi connectivity index (χ1v) is 10.9. The fourth-order valence-electron chi connectivity index (χ4n) is 5.35. The van der Waals surface area contributed by atoms with E-state index in [1.54, 1.807) is 0 Å². The first kappa shape index (κ1) is 21.1. The molecular weight excluding hydrogens is 380 g/mol. The molecule has 2 aromatic rings.